The average molecular weight is 256 g/mol. The summed E-state index contributed by atoms with van der Waals surface area (Å²) < 4.78 is 5.58. The molecule has 0 aromatic heterocycles. The van der Waals surface area contributed by atoms with Gasteiger partial charge in [0.2, 0.25) is 5.91 Å². The van der Waals surface area contributed by atoms with Crippen LogP contribution in [0, 0.1) is 5.41 Å². The lowest BCUT2D eigenvalue weighted by molar-refractivity contribution is -0.122. The van der Waals surface area contributed by atoms with E-state index in [4.69, 9.17) is 10.5 Å². The highest BCUT2D eigenvalue weighted by atomic mass is 16.5. The van der Waals surface area contributed by atoms with E-state index < -0.39 is 0 Å². The molecule has 1 rings (SSSR count). The Bertz CT molecular complexity index is 248. The minimum atomic E-state index is 0.134. The normalized spacial score (nSPS) is 20.7. The molecule has 106 valence electrons. The molecule has 1 aliphatic rings. The monoisotopic (exact) mass is 256 g/mol. The molecule has 0 aromatic rings. The number of nitrogens with one attached hydrogen (secondary N) is 1. The van der Waals surface area contributed by atoms with Crippen LogP contribution in [0.5, 0.6) is 0 Å². The van der Waals surface area contributed by atoms with Gasteiger partial charge in [0.1, 0.15) is 0 Å². The quantitative estimate of drug-likeness (QED) is 0.730. The molecule has 1 aliphatic heterocycles. The minimum absolute atomic E-state index is 0.134. The number of hydrogen-bond donors (Lipinski definition) is 2. The molecule has 0 aliphatic carbocycles. The molecule has 0 aromatic carbocycles. The summed E-state index contributed by atoms with van der Waals surface area (Å²) in [6.07, 6.45) is 6.09. The van der Waals surface area contributed by atoms with Crippen LogP contribution in [0.1, 0.15) is 52.4 Å². The van der Waals surface area contributed by atoms with Crippen LogP contribution < -0.4 is 11.1 Å². The van der Waals surface area contributed by atoms with Crippen molar-refractivity contribution < 1.29 is 9.53 Å². The summed E-state index contributed by atoms with van der Waals surface area (Å²) in [6, 6.07) is 0. The highest BCUT2D eigenvalue weighted by Crippen LogP contribution is 2.25. The van der Waals surface area contributed by atoms with Crippen LogP contribution in [-0.4, -0.2) is 31.7 Å². The highest BCUT2D eigenvalue weighted by molar-refractivity contribution is 5.75. The molecule has 4 nitrogen and oxygen atoms in total. The van der Waals surface area contributed by atoms with Crippen LogP contribution in [0.25, 0.3) is 0 Å². The summed E-state index contributed by atoms with van der Waals surface area (Å²) in [4.78, 5) is 11.7. The van der Waals surface area contributed by atoms with Crippen molar-refractivity contribution in [3.05, 3.63) is 0 Å². The molecule has 3 N–H and O–H groups in total. The van der Waals surface area contributed by atoms with Crippen molar-refractivity contribution in [2.75, 3.05) is 19.7 Å². The van der Waals surface area contributed by atoms with Gasteiger partial charge < -0.3 is 15.8 Å². The molecule has 0 radical (unpaired) electrons. The van der Waals surface area contributed by atoms with Crippen LogP contribution in [0.4, 0.5) is 0 Å². The van der Waals surface area contributed by atoms with Crippen molar-refractivity contribution in [1.82, 2.24) is 5.32 Å². The fourth-order valence-corrected chi connectivity index (χ4v) is 2.25. The highest BCUT2D eigenvalue weighted by Gasteiger charge is 2.19. The van der Waals surface area contributed by atoms with E-state index in [1.165, 1.54) is 6.42 Å². The van der Waals surface area contributed by atoms with Gasteiger partial charge in [0.25, 0.3) is 0 Å². The second kappa shape index (κ2) is 7.74. The first kappa shape index (κ1) is 15.4. The van der Waals surface area contributed by atoms with Crippen molar-refractivity contribution >= 4 is 5.91 Å². The van der Waals surface area contributed by atoms with Crippen molar-refractivity contribution in [2.24, 2.45) is 11.1 Å². The first-order chi connectivity index (χ1) is 8.53. The summed E-state index contributed by atoms with van der Waals surface area (Å²) in [5, 5.41) is 2.97. The Balaban J connectivity index is 2.13. The summed E-state index contributed by atoms with van der Waals surface area (Å²) in [5.41, 5.74) is 5.72. The number of carbonyl (C=O) groups is 1. The molecule has 0 spiro atoms. The molecule has 1 saturated heterocycles. The lowest BCUT2D eigenvalue weighted by Gasteiger charge is -2.25. The first-order valence-corrected chi connectivity index (χ1v) is 7.12. The molecule has 4 heteroatoms. The predicted octanol–water partition coefficient (Wildman–Crippen LogP) is 1.83. The SMILES string of the molecule is CC(C)(CCN)CCC(=O)NCC1CCCCO1. The Hall–Kier alpha value is -0.610. The summed E-state index contributed by atoms with van der Waals surface area (Å²) in [5.74, 6) is 0.134. The van der Waals surface area contributed by atoms with E-state index >= 15 is 0 Å². The number of nitrogens with two attached hydrogens (primary N) is 1. The molecule has 1 unspecified atom stereocenters. The third-order valence-corrected chi connectivity index (χ3v) is 3.65. The summed E-state index contributed by atoms with van der Waals surface area (Å²) >= 11 is 0. The van der Waals surface area contributed by atoms with Gasteiger partial charge in [-0.3, -0.25) is 4.79 Å². The Kier molecular flexibility index (Phi) is 6.65. The molecule has 18 heavy (non-hydrogen) atoms. The minimum Gasteiger partial charge on any atom is -0.376 e. The second-order valence-corrected chi connectivity index (χ2v) is 6.00. The largest absolute Gasteiger partial charge is 0.376 e. The molecule has 1 heterocycles. The molecule has 1 fully saturated rings. The van der Waals surface area contributed by atoms with Crippen LogP contribution in [-0.2, 0) is 9.53 Å². The van der Waals surface area contributed by atoms with E-state index in [2.05, 4.69) is 19.2 Å². The maximum Gasteiger partial charge on any atom is 0.220 e. The maximum absolute atomic E-state index is 11.7. The van der Waals surface area contributed by atoms with E-state index in [-0.39, 0.29) is 17.4 Å². The smallest absolute Gasteiger partial charge is 0.220 e. The predicted molar refractivity (Wildman–Crippen MR) is 73.3 cm³/mol. The van der Waals surface area contributed by atoms with E-state index in [9.17, 15) is 4.79 Å². The lowest BCUT2D eigenvalue weighted by atomic mass is 9.84. The molecule has 1 amide bonds. The third-order valence-electron chi connectivity index (χ3n) is 3.65. The molecule has 0 bridgehead atoms. The zero-order valence-corrected chi connectivity index (χ0v) is 11.8. The van der Waals surface area contributed by atoms with Crippen molar-refractivity contribution in [3.63, 3.8) is 0 Å². The van der Waals surface area contributed by atoms with Crippen molar-refractivity contribution in [1.29, 1.82) is 0 Å². The average Bonchev–Trinajstić information content (AvgIpc) is 2.35. The number of ether oxygens (including phenoxy) is 1. The number of amides is 1. The topological polar surface area (TPSA) is 64.4 Å². The Morgan fingerprint density at radius 2 is 2.17 bits per heavy atom. The first-order valence-electron chi connectivity index (χ1n) is 7.12. The van der Waals surface area contributed by atoms with E-state index in [1.54, 1.807) is 0 Å². The van der Waals surface area contributed by atoms with Crippen LogP contribution in [0.15, 0.2) is 0 Å². The van der Waals surface area contributed by atoms with Gasteiger partial charge in [-0.05, 0) is 44.1 Å². The van der Waals surface area contributed by atoms with Crippen LogP contribution >= 0.6 is 0 Å². The van der Waals surface area contributed by atoms with Gasteiger partial charge in [0.15, 0.2) is 0 Å². The Labute approximate surface area is 111 Å². The number of hydrogen-bond acceptors (Lipinski definition) is 3. The molecule has 1 atom stereocenters. The van der Waals surface area contributed by atoms with Gasteiger partial charge in [0, 0.05) is 19.6 Å². The van der Waals surface area contributed by atoms with Gasteiger partial charge in [-0.1, -0.05) is 13.8 Å². The van der Waals surface area contributed by atoms with Crippen molar-refractivity contribution in [2.45, 2.75) is 58.5 Å². The zero-order chi connectivity index (χ0) is 13.4. The van der Waals surface area contributed by atoms with Crippen LogP contribution in [0.3, 0.4) is 0 Å². The van der Waals surface area contributed by atoms with Gasteiger partial charge in [-0.25, -0.2) is 0 Å². The third kappa shape index (κ3) is 6.36. The van der Waals surface area contributed by atoms with Gasteiger partial charge in [-0.2, -0.15) is 0 Å². The number of rotatable bonds is 7. The van der Waals surface area contributed by atoms with Gasteiger partial charge in [0.05, 0.1) is 6.10 Å². The summed E-state index contributed by atoms with van der Waals surface area (Å²) in [6.45, 7) is 6.51. The standard InChI is InChI=1S/C14H28N2O2/c1-14(2,8-9-15)7-6-13(17)16-11-12-5-3-4-10-18-12/h12H,3-11,15H2,1-2H3,(H,16,17). The van der Waals surface area contributed by atoms with E-state index in [1.807, 2.05) is 0 Å². The zero-order valence-electron chi connectivity index (χ0n) is 11.8. The molecule has 0 saturated carbocycles. The van der Waals surface area contributed by atoms with Gasteiger partial charge in [-0.15, -0.1) is 0 Å². The number of carbonyl (C=O) groups excluding carboxylic acids is 1. The fourth-order valence-electron chi connectivity index (χ4n) is 2.25. The summed E-state index contributed by atoms with van der Waals surface area (Å²) in [7, 11) is 0. The fraction of sp³-hybridized carbons (Fsp3) is 0.929. The second-order valence-electron chi connectivity index (χ2n) is 6.00. The van der Waals surface area contributed by atoms with E-state index in [0.717, 1.165) is 32.3 Å². The molecular formula is C14H28N2O2. The Morgan fingerprint density at radius 3 is 2.78 bits per heavy atom. The van der Waals surface area contributed by atoms with Crippen LogP contribution in [0.2, 0.25) is 0 Å². The van der Waals surface area contributed by atoms with Gasteiger partial charge >= 0.3 is 0 Å². The molecular weight excluding hydrogens is 228 g/mol. The lowest BCUT2D eigenvalue weighted by Crippen LogP contribution is -2.35. The van der Waals surface area contributed by atoms with Crippen molar-refractivity contribution in [3.8, 4) is 0 Å². The maximum atomic E-state index is 11.7. The van der Waals surface area contributed by atoms with E-state index in [0.29, 0.717) is 19.5 Å². The Morgan fingerprint density at radius 1 is 1.39 bits per heavy atom.